The van der Waals surface area contributed by atoms with Crippen LogP contribution in [-0.2, 0) is 4.79 Å². The van der Waals surface area contributed by atoms with Crippen LogP contribution in [0.1, 0.15) is 31.9 Å². The molecular formula is C17H19FN4O2. The lowest BCUT2D eigenvalue weighted by Crippen LogP contribution is -2.24. The number of aromatic amines is 1. The number of H-pyrrole nitrogens is 1. The average Bonchev–Trinajstić information content (AvgIpc) is 2.89. The average molecular weight is 330 g/mol. The van der Waals surface area contributed by atoms with Gasteiger partial charge in [0, 0.05) is 36.7 Å². The first-order chi connectivity index (χ1) is 11.4. The topological polar surface area (TPSA) is 78.1 Å². The highest BCUT2D eigenvalue weighted by atomic mass is 19.1. The van der Waals surface area contributed by atoms with E-state index in [0.29, 0.717) is 23.9 Å². The van der Waals surface area contributed by atoms with Crippen molar-refractivity contribution in [2.24, 2.45) is 0 Å². The number of amides is 1. The summed E-state index contributed by atoms with van der Waals surface area (Å²) >= 11 is 0. The summed E-state index contributed by atoms with van der Waals surface area (Å²) in [6.07, 6.45) is 0.273. The molecule has 0 aliphatic carbocycles. The molecule has 2 heterocycles. The van der Waals surface area contributed by atoms with Crippen LogP contribution in [0.3, 0.4) is 0 Å². The van der Waals surface area contributed by atoms with Gasteiger partial charge in [0.05, 0.1) is 5.69 Å². The first-order valence-electron chi connectivity index (χ1n) is 7.86. The molecule has 1 aromatic carbocycles. The van der Waals surface area contributed by atoms with Crippen LogP contribution in [-0.4, -0.2) is 28.5 Å². The zero-order valence-electron chi connectivity index (χ0n) is 13.5. The molecule has 0 radical (unpaired) electrons. The van der Waals surface area contributed by atoms with Gasteiger partial charge in [-0.3, -0.25) is 14.6 Å². The Morgan fingerprint density at radius 2 is 2.00 bits per heavy atom. The minimum atomic E-state index is -0.345. The summed E-state index contributed by atoms with van der Waals surface area (Å²) < 4.78 is 13.0. The summed E-state index contributed by atoms with van der Waals surface area (Å²) in [5, 5.41) is 3.06. The van der Waals surface area contributed by atoms with Crippen LogP contribution >= 0.6 is 0 Å². The Morgan fingerprint density at radius 1 is 1.29 bits per heavy atom. The second kappa shape index (κ2) is 6.43. The van der Waals surface area contributed by atoms with Gasteiger partial charge in [-0.2, -0.15) is 0 Å². The monoisotopic (exact) mass is 330 g/mol. The van der Waals surface area contributed by atoms with Crippen molar-refractivity contribution in [2.75, 3.05) is 16.8 Å². The third-order valence-corrected chi connectivity index (χ3v) is 3.87. The predicted molar refractivity (Wildman–Crippen MR) is 89.7 cm³/mol. The zero-order valence-corrected chi connectivity index (χ0v) is 13.5. The van der Waals surface area contributed by atoms with E-state index in [4.69, 9.17) is 0 Å². The van der Waals surface area contributed by atoms with E-state index >= 15 is 0 Å². The summed E-state index contributed by atoms with van der Waals surface area (Å²) in [5.41, 5.74) is 0.977. The van der Waals surface area contributed by atoms with E-state index in [-0.39, 0.29) is 35.7 Å². The summed E-state index contributed by atoms with van der Waals surface area (Å²) in [7, 11) is 0. The Balaban J connectivity index is 1.84. The minimum Gasteiger partial charge on any atom is -0.354 e. The van der Waals surface area contributed by atoms with Crippen molar-refractivity contribution in [3.05, 3.63) is 52.2 Å². The molecule has 24 heavy (non-hydrogen) atoms. The number of aromatic nitrogens is 2. The molecule has 3 rings (SSSR count). The standard InChI is InChI=1S/C17H19FN4O2/c1-10(2)19-17-20-14(8-15(23)21-17)11-7-16(24)22(9-11)13-5-3-12(18)4-6-13/h3-6,8,10-11H,7,9H2,1-2H3,(H2,19,20,21,23). The number of rotatable bonds is 4. The molecule has 1 amide bonds. The van der Waals surface area contributed by atoms with Gasteiger partial charge < -0.3 is 10.2 Å². The number of nitrogens with one attached hydrogen (secondary N) is 2. The molecule has 0 bridgehead atoms. The van der Waals surface area contributed by atoms with Gasteiger partial charge in [0.1, 0.15) is 5.82 Å². The summed E-state index contributed by atoms with van der Waals surface area (Å²) in [6.45, 7) is 4.31. The fraction of sp³-hybridized carbons (Fsp3) is 0.353. The van der Waals surface area contributed by atoms with Crippen LogP contribution in [0, 0.1) is 5.82 Å². The van der Waals surface area contributed by atoms with Crippen LogP contribution in [0.4, 0.5) is 16.0 Å². The second-order valence-corrected chi connectivity index (χ2v) is 6.20. The van der Waals surface area contributed by atoms with Crippen molar-refractivity contribution in [3.8, 4) is 0 Å². The van der Waals surface area contributed by atoms with Crippen LogP contribution in [0.5, 0.6) is 0 Å². The lowest BCUT2D eigenvalue weighted by molar-refractivity contribution is -0.117. The quantitative estimate of drug-likeness (QED) is 0.901. The Labute approximate surface area is 138 Å². The molecule has 1 aliphatic heterocycles. The van der Waals surface area contributed by atoms with Crippen molar-refractivity contribution < 1.29 is 9.18 Å². The number of halogens is 1. The highest BCUT2D eigenvalue weighted by Gasteiger charge is 2.32. The van der Waals surface area contributed by atoms with Gasteiger partial charge in [0.2, 0.25) is 11.9 Å². The molecule has 1 atom stereocenters. The summed E-state index contributed by atoms with van der Waals surface area (Å²) in [6, 6.07) is 7.36. The molecule has 2 N–H and O–H groups in total. The molecule has 126 valence electrons. The molecule has 2 aromatic rings. The van der Waals surface area contributed by atoms with Crippen LogP contribution in [0.2, 0.25) is 0 Å². The van der Waals surface area contributed by atoms with Gasteiger partial charge in [0.25, 0.3) is 5.56 Å². The van der Waals surface area contributed by atoms with Crippen LogP contribution in [0.25, 0.3) is 0 Å². The van der Waals surface area contributed by atoms with Gasteiger partial charge in [-0.05, 0) is 38.1 Å². The van der Waals surface area contributed by atoms with Crippen LogP contribution < -0.4 is 15.8 Å². The number of hydrogen-bond donors (Lipinski definition) is 2. The second-order valence-electron chi connectivity index (χ2n) is 6.20. The lowest BCUT2D eigenvalue weighted by atomic mass is 10.0. The van der Waals surface area contributed by atoms with E-state index in [1.165, 1.54) is 18.2 Å². The molecular weight excluding hydrogens is 311 g/mol. The smallest absolute Gasteiger partial charge is 0.252 e. The van der Waals surface area contributed by atoms with Crippen molar-refractivity contribution >= 4 is 17.5 Å². The SMILES string of the molecule is CC(C)Nc1nc(C2CC(=O)N(c3ccc(F)cc3)C2)cc(=O)[nH]1. The number of carbonyl (C=O) groups excluding carboxylic acids is 1. The maximum Gasteiger partial charge on any atom is 0.252 e. The molecule has 1 aliphatic rings. The molecule has 0 spiro atoms. The fourth-order valence-electron chi connectivity index (χ4n) is 2.80. The third-order valence-electron chi connectivity index (χ3n) is 3.87. The largest absolute Gasteiger partial charge is 0.354 e. The van der Waals surface area contributed by atoms with E-state index in [1.54, 1.807) is 17.0 Å². The van der Waals surface area contributed by atoms with Gasteiger partial charge in [-0.25, -0.2) is 9.37 Å². The normalized spacial score (nSPS) is 17.6. The highest BCUT2D eigenvalue weighted by Crippen LogP contribution is 2.30. The summed E-state index contributed by atoms with van der Waals surface area (Å²) in [5.74, 6) is -0.174. The van der Waals surface area contributed by atoms with Gasteiger partial charge in [-0.1, -0.05) is 0 Å². The lowest BCUT2D eigenvalue weighted by Gasteiger charge is -2.17. The Morgan fingerprint density at radius 3 is 2.67 bits per heavy atom. The maximum atomic E-state index is 13.0. The van der Waals surface area contributed by atoms with Crippen molar-refractivity contribution in [2.45, 2.75) is 32.2 Å². The van der Waals surface area contributed by atoms with E-state index in [9.17, 15) is 14.0 Å². The van der Waals surface area contributed by atoms with Crippen molar-refractivity contribution in [1.82, 2.24) is 9.97 Å². The Hall–Kier alpha value is -2.70. The van der Waals surface area contributed by atoms with Gasteiger partial charge >= 0.3 is 0 Å². The molecule has 1 unspecified atom stereocenters. The third kappa shape index (κ3) is 3.45. The van der Waals surface area contributed by atoms with E-state index in [0.717, 1.165) is 0 Å². The van der Waals surface area contributed by atoms with Crippen molar-refractivity contribution in [3.63, 3.8) is 0 Å². The first kappa shape index (κ1) is 16.2. The van der Waals surface area contributed by atoms with Gasteiger partial charge in [0.15, 0.2) is 0 Å². The molecule has 7 heteroatoms. The Bertz CT molecular complexity index is 801. The molecule has 6 nitrogen and oxygen atoms in total. The molecule has 1 fully saturated rings. The minimum absolute atomic E-state index is 0.0629. The van der Waals surface area contributed by atoms with Crippen LogP contribution in [0.15, 0.2) is 35.1 Å². The molecule has 1 saturated heterocycles. The highest BCUT2D eigenvalue weighted by molar-refractivity contribution is 5.96. The van der Waals surface area contributed by atoms with E-state index in [2.05, 4.69) is 15.3 Å². The van der Waals surface area contributed by atoms with E-state index in [1.807, 2.05) is 13.8 Å². The number of anilines is 2. The number of carbonyl (C=O) groups is 1. The van der Waals surface area contributed by atoms with Crippen molar-refractivity contribution in [1.29, 1.82) is 0 Å². The number of hydrogen-bond acceptors (Lipinski definition) is 4. The van der Waals surface area contributed by atoms with Gasteiger partial charge in [-0.15, -0.1) is 0 Å². The number of benzene rings is 1. The Kier molecular flexibility index (Phi) is 4.33. The first-order valence-corrected chi connectivity index (χ1v) is 7.86. The predicted octanol–water partition coefficient (Wildman–Crippen LogP) is 2.25. The molecule has 0 saturated carbocycles. The molecule has 1 aromatic heterocycles. The summed E-state index contributed by atoms with van der Waals surface area (Å²) in [4.78, 5) is 32.8. The number of nitrogens with zero attached hydrogens (tertiary/aromatic N) is 2. The maximum absolute atomic E-state index is 13.0. The zero-order chi connectivity index (χ0) is 17.3. The fourth-order valence-corrected chi connectivity index (χ4v) is 2.80. The van der Waals surface area contributed by atoms with E-state index < -0.39 is 0 Å².